The average molecular weight is 367 g/mol. The van der Waals surface area contributed by atoms with Crippen molar-refractivity contribution in [3.8, 4) is 0 Å². The van der Waals surface area contributed by atoms with E-state index in [2.05, 4.69) is 9.55 Å². The molecule has 1 saturated carbocycles. The van der Waals surface area contributed by atoms with Gasteiger partial charge in [0.2, 0.25) is 5.78 Å². The minimum atomic E-state index is -0.771. The molecule has 1 aliphatic rings. The second kappa shape index (κ2) is 6.57. The number of nitrogens with zero attached hydrogens (tertiary/aromatic N) is 2. The van der Waals surface area contributed by atoms with Gasteiger partial charge in [0, 0.05) is 23.0 Å². The van der Waals surface area contributed by atoms with Crippen LogP contribution in [0.3, 0.4) is 0 Å². The third-order valence-electron chi connectivity index (χ3n) is 4.04. The number of Topliss-reactive ketones (excluding diaryl/α,β-unsaturated/α-hetero) is 1. The highest BCUT2D eigenvalue weighted by Gasteiger charge is 2.28. The normalized spacial score (nSPS) is 13.8. The summed E-state index contributed by atoms with van der Waals surface area (Å²) in [5.41, 5.74) is 2.44. The average Bonchev–Trinajstić information content (AvgIpc) is 3.32. The van der Waals surface area contributed by atoms with Crippen molar-refractivity contribution in [2.24, 2.45) is 0 Å². The van der Waals surface area contributed by atoms with Crippen LogP contribution in [-0.4, -0.2) is 27.9 Å². The molecular weight excluding hydrogens is 351 g/mol. The van der Waals surface area contributed by atoms with Gasteiger partial charge >= 0.3 is 5.97 Å². The van der Waals surface area contributed by atoms with Crippen molar-refractivity contribution < 1.29 is 14.3 Å². The summed E-state index contributed by atoms with van der Waals surface area (Å²) in [6, 6.07) is 5.26. The maximum Gasteiger partial charge on any atom is 0.359 e. The molecule has 0 N–H and O–H groups in total. The van der Waals surface area contributed by atoms with Crippen LogP contribution < -0.4 is 0 Å². The number of carbonyl (C=O) groups is 2. The summed E-state index contributed by atoms with van der Waals surface area (Å²) in [7, 11) is 0. The van der Waals surface area contributed by atoms with Crippen LogP contribution in [0.25, 0.3) is 0 Å². The van der Waals surface area contributed by atoms with Gasteiger partial charge in [-0.05, 0) is 44.9 Å². The topological polar surface area (TPSA) is 61.2 Å². The number of aryl methyl sites for hydroxylation is 1. The molecule has 0 spiro atoms. The van der Waals surface area contributed by atoms with E-state index < -0.39 is 5.97 Å². The summed E-state index contributed by atoms with van der Waals surface area (Å²) in [6.07, 6.45) is 2.27. The van der Waals surface area contributed by atoms with E-state index in [1.54, 1.807) is 0 Å². The molecule has 0 bridgehead atoms. The van der Waals surface area contributed by atoms with E-state index in [0.29, 0.717) is 11.6 Å². The predicted octanol–water partition coefficient (Wildman–Crippen LogP) is 4.18. The number of esters is 1. The van der Waals surface area contributed by atoms with E-state index in [9.17, 15) is 9.59 Å². The maximum absolute atomic E-state index is 12.4. The van der Waals surface area contributed by atoms with Crippen LogP contribution in [0.5, 0.6) is 0 Å². The number of carbonyl (C=O) groups excluding carboxylic acids is 2. The summed E-state index contributed by atoms with van der Waals surface area (Å²) < 4.78 is 7.23. The molecule has 2 aromatic rings. The smallest absolute Gasteiger partial charge is 0.359 e. The Labute approximate surface area is 149 Å². The molecule has 0 aliphatic heterocycles. The molecule has 126 valence electrons. The third kappa shape index (κ3) is 3.32. The van der Waals surface area contributed by atoms with Crippen molar-refractivity contribution >= 4 is 35.0 Å². The van der Waals surface area contributed by atoms with Crippen LogP contribution in [0.1, 0.15) is 51.1 Å². The van der Waals surface area contributed by atoms with Gasteiger partial charge in [-0.15, -0.1) is 0 Å². The fourth-order valence-corrected chi connectivity index (χ4v) is 3.12. The SMILES string of the molecule is Cc1cc(C(=O)COC(=O)c2nc(Cl)ccc2Cl)c(C)n1C1CC1. The minimum Gasteiger partial charge on any atom is -0.453 e. The van der Waals surface area contributed by atoms with E-state index in [4.69, 9.17) is 27.9 Å². The van der Waals surface area contributed by atoms with E-state index >= 15 is 0 Å². The van der Waals surface area contributed by atoms with Crippen molar-refractivity contribution in [3.63, 3.8) is 0 Å². The highest BCUT2D eigenvalue weighted by molar-refractivity contribution is 6.34. The van der Waals surface area contributed by atoms with Crippen molar-refractivity contribution in [1.29, 1.82) is 0 Å². The zero-order valence-electron chi connectivity index (χ0n) is 13.3. The molecule has 0 atom stereocenters. The number of halogens is 2. The molecule has 7 heteroatoms. The van der Waals surface area contributed by atoms with Gasteiger partial charge in [0.1, 0.15) is 5.15 Å². The lowest BCUT2D eigenvalue weighted by molar-refractivity contribution is 0.0469. The summed E-state index contributed by atoms with van der Waals surface area (Å²) in [5.74, 6) is -1.02. The molecule has 5 nitrogen and oxygen atoms in total. The first-order valence-electron chi connectivity index (χ1n) is 7.59. The Morgan fingerprint density at radius 2 is 2.00 bits per heavy atom. The molecule has 0 unspecified atom stereocenters. The quantitative estimate of drug-likeness (QED) is 0.452. The molecular formula is C17H16Cl2N2O3. The van der Waals surface area contributed by atoms with Crippen LogP contribution in [0, 0.1) is 13.8 Å². The maximum atomic E-state index is 12.4. The van der Waals surface area contributed by atoms with Crippen LogP contribution in [0.15, 0.2) is 18.2 Å². The minimum absolute atomic E-state index is 0.0968. The van der Waals surface area contributed by atoms with Gasteiger partial charge in [-0.1, -0.05) is 23.2 Å². The largest absolute Gasteiger partial charge is 0.453 e. The summed E-state index contributed by atoms with van der Waals surface area (Å²) in [6.45, 7) is 3.53. The van der Waals surface area contributed by atoms with Gasteiger partial charge in [-0.3, -0.25) is 4.79 Å². The monoisotopic (exact) mass is 366 g/mol. The Morgan fingerprint density at radius 1 is 1.29 bits per heavy atom. The number of rotatable bonds is 5. The summed E-state index contributed by atoms with van der Waals surface area (Å²) >= 11 is 11.7. The van der Waals surface area contributed by atoms with Crippen LogP contribution in [0.2, 0.25) is 10.2 Å². The zero-order chi connectivity index (χ0) is 17.4. The molecule has 0 amide bonds. The standard InChI is InChI=1S/C17H16Cl2N2O3/c1-9-7-12(10(2)21(9)11-3-4-11)14(22)8-24-17(23)16-13(18)5-6-15(19)20-16/h5-7,11H,3-4,8H2,1-2H3. The number of ketones is 1. The van der Waals surface area contributed by atoms with E-state index in [0.717, 1.165) is 24.2 Å². The van der Waals surface area contributed by atoms with Gasteiger partial charge < -0.3 is 9.30 Å². The first-order chi connectivity index (χ1) is 11.4. The molecule has 1 fully saturated rings. The molecule has 1 aliphatic carbocycles. The van der Waals surface area contributed by atoms with Gasteiger partial charge in [0.15, 0.2) is 12.3 Å². The van der Waals surface area contributed by atoms with Crippen molar-refractivity contribution in [2.45, 2.75) is 32.7 Å². The molecule has 2 heterocycles. The van der Waals surface area contributed by atoms with E-state index in [1.807, 2.05) is 19.9 Å². The van der Waals surface area contributed by atoms with Crippen LogP contribution in [0.4, 0.5) is 0 Å². The number of hydrogen-bond acceptors (Lipinski definition) is 4. The van der Waals surface area contributed by atoms with Gasteiger partial charge in [-0.25, -0.2) is 9.78 Å². The van der Waals surface area contributed by atoms with Crippen LogP contribution >= 0.6 is 23.2 Å². The highest BCUT2D eigenvalue weighted by atomic mass is 35.5. The Kier molecular flexibility index (Phi) is 4.65. The van der Waals surface area contributed by atoms with Gasteiger partial charge in [0.05, 0.1) is 5.02 Å². The Hall–Kier alpha value is -1.85. The number of hydrogen-bond donors (Lipinski definition) is 0. The lowest BCUT2D eigenvalue weighted by Crippen LogP contribution is -2.16. The van der Waals surface area contributed by atoms with Crippen molar-refractivity contribution in [1.82, 2.24) is 9.55 Å². The third-order valence-corrected chi connectivity index (χ3v) is 4.55. The van der Waals surface area contributed by atoms with Gasteiger partial charge in [-0.2, -0.15) is 0 Å². The fraction of sp³-hybridized carbons (Fsp3) is 0.353. The van der Waals surface area contributed by atoms with Crippen LogP contribution in [-0.2, 0) is 4.74 Å². The molecule has 24 heavy (non-hydrogen) atoms. The molecule has 0 saturated heterocycles. The molecule has 3 rings (SSSR count). The zero-order valence-corrected chi connectivity index (χ0v) is 14.8. The molecule has 2 aromatic heterocycles. The number of aromatic nitrogens is 2. The number of pyridine rings is 1. The predicted molar refractivity (Wildman–Crippen MR) is 91.0 cm³/mol. The highest BCUT2D eigenvalue weighted by Crippen LogP contribution is 2.38. The van der Waals surface area contributed by atoms with E-state index in [-0.39, 0.29) is 28.3 Å². The van der Waals surface area contributed by atoms with Crippen molar-refractivity contribution in [3.05, 3.63) is 51.0 Å². The Bertz CT molecular complexity index is 825. The second-order valence-electron chi connectivity index (χ2n) is 5.85. The first kappa shape index (κ1) is 17.0. The van der Waals surface area contributed by atoms with E-state index in [1.165, 1.54) is 12.1 Å². The lowest BCUT2D eigenvalue weighted by Gasteiger charge is -2.08. The fourth-order valence-electron chi connectivity index (χ4n) is 2.79. The first-order valence-corrected chi connectivity index (χ1v) is 8.35. The summed E-state index contributed by atoms with van der Waals surface area (Å²) in [5, 5.41) is 0.259. The molecule has 0 radical (unpaired) electrons. The Balaban J connectivity index is 1.71. The molecule has 0 aromatic carbocycles. The van der Waals surface area contributed by atoms with Crippen molar-refractivity contribution in [2.75, 3.05) is 6.61 Å². The van der Waals surface area contributed by atoms with Gasteiger partial charge in [0.25, 0.3) is 0 Å². The summed E-state index contributed by atoms with van der Waals surface area (Å²) in [4.78, 5) is 28.3. The Morgan fingerprint density at radius 3 is 2.67 bits per heavy atom. The second-order valence-corrected chi connectivity index (χ2v) is 6.64. The number of ether oxygens (including phenoxy) is 1. The lowest BCUT2D eigenvalue weighted by atomic mass is 10.1.